The number of ether oxygens (including phenoxy) is 1. The molecule has 2 aromatic carbocycles. The molecule has 1 unspecified atom stereocenters. The normalized spacial score (nSPS) is 20.4. The van der Waals surface area contributed by atoms with Crippen LogP contribution in [0.5, 0.6) is 5.75 Å². The minimum absolute atomic E-state index is 0.00862. The van der Waals surface area contributed by atoms with Gasteiger partial charge in [0.15, 0.2) is 5.78 Å². The second-order valence-corrected chi connectivity index (χ2v) is 7.67. The van der Waals surface area contributed by atoms with Crippen molar-refractivity contribution in [1.82, 2.24) is 0 Å². The van der Waals surface area contributed by atoms with Gasteiger partial charge in [-0.1, -0.05) is 36.4 Å². The quantitative estimate of drug-likeness (QED) is 0.796. The Balaban J connectivity index is 1.52. The Kier molecular flexibility index (Phi) is 5.03. The Morgan fingerprint density at radius 1 is 1.00 bits per heavy atom. The molecular formula is C24H25NO3. The summed E-state index contributed by atoms with van der Waals surface area (Å²) in [6, 6.07) is 16.2. The lowest BCUT2D eigenvalue weighted by atomic mass is 9.81. The molecule has 4 nitrogen and oxygen atoms in total. The summed E-state index contributed by atoms with van der Waals surface area (Å²) in [6.07, 6.45) is 2.64. The van der Waals surface area contributed by atoms with Crippen LogP contribution in [0.2, 0.25) is 0 Å². The lowest BCUT2D eigenvalue weighted by Gasteiger charge is -2.24. The number of Topliss-reactive ketones (excluding diaryl/α,β-unsaturated/α-hetero) is 1. The van der Waals surface area contributed by atoms with Crippen LogP contribution in [0, 0.1) is 0 Å². The van der Waals surface area contributed by atoms with E-state index in [2.05, 4.69) is 24.3 Å². The molecule has 0 amide bonds. The van der Waals surface area contributed by atoms with Crippen molar-refractivity contribution in [2.75, 3.05) is 7.11 Å². The van der Waals surface area contributed by atoms with Gasteiger partial charge in [0, 0.05) is 18.6 Å². The number of rotatable bonds is 4. The van der Waals surface area contributed by atoms with Gasteiger partial charge in [0.1, 0.15) is 11.5 Å². The summed E-state index contributed by atoms with van der Waals surface area (Å²) < 4.78 is 5.19. The van der Waals surface area contributed by atoms with Crippen molar-refractivity contribution in [3.05, 3.63) is 76.6 Å². The predicted octanol–water partition coefficient (Wildman–Crippen LogP) is 4.58. The zero-order chi connectivity index (χ0) is 19.7. The first-order valence-electron chi connectivity index (χ1n) is 9.76. The number of allylic oxidation sites excluding steroid dienone is 2. The molecule has 0 radical (unpaired) electrons. The molecular weight excluding hydrogens is 350 g/mol. The molecule has 0 aromatic heterocycles. The van der Waals surface area contributed by atoms with Gasteiger partial charge in [-0.05, 0) is 54.5 Å². The van der Waals surface area contributed by atoms with Crippen LogP contribution >= 0.6 is 0 Å². The van der Waals surface area contributed by atoms with Crippen LogP contribution in [0.3, 0.4) is 0 Å². The average molecular weight is 375 g/mol. The summed E-state index contributed by atoms with van der Waals surface area (Å²) in [5.74, 6) is 0.910. The number of aliphatic hydroxyl groups is 1. The molecule has 0 heterocycles. The number of ketones is 1. The highest BCUT2D eigenvalue weighted by molar-refractivity contribution is 6.22. The largest absolute Gasteiger partial charge is 0.511 e. The molecule has 4 heteroatoms. The van der Waals surface area contributed by atoms with Crippen LogP contribution < -0.4 is 4.74 Å². The molecule has 2 aromatic rings. The van der Waals surface area contributed by atoms with Gasteiger partial charge in [0.2, 0.25) is 0 Å². The van der Waals surface area contributed by atoms with Crippen LogP contribution in [0.1, 0.15) is 42.4 Å². The van der Waals surface area contributed by atoms with E-state index in [9.17, 15) is 9.90 Å². The summed E-state index contributed by atoms with van der Waals surface area (Å²) >= 11 is 0. The van der Waals surface area contributed by atoms with Gasteiger partial charge in [-0.15, -0.1) is 0 Å². The van der Waals surface area contributed by atoms with Gasteiger partial charge in [-0.25, -0.2) is 0 Å². The van der Waals surface area contributed by atoms with Crippen molar-refractivity contribution in [2.24, 2.45) is 4.99 Å². The van der Waals surface area contributed by atoms with Crippen molar-refractivity contribution in [2.45, 2.75) is 44.6 Å². The summed E-state index contributed by atoms with van der Waals surface area (Å²) in [7, 11) is 1.63. The second kappa shape index (κ2) is 7.63. The van der Waals surface area contributed by atoms with Crippen LogP contribution in [-0.4, -0.2) is 29.8 Å². The Labute approximate surface area is 165 Å². The first-order valence-corrected chi connectivity index (χ1v) is 9.76. The smallest absolute Gasteiger partial charge is 0.168 e. The number of carbonyl (C=O) groups excluding carboxylic acids is 1. The summed E-state index contributed by atoms with van der Waals surface area (Å²) in [5, 5.41) is 10.6. The van der Waals surface area contributed by atoms with E-state index in [0.29, 0.717) is 24.1 Å². The molecule has 0 bridgehead atoms. The van der Waals surface area contributed by atoms with E-state index in [-0.39, 0.29) is 23.5 Å². The van der Waals surface area contributed by atoms with Gasteiger partial charge in [0.05, 0.1) is 18.7 Å². The van der Waals surface area contributed by atoms with Crippen molar-refractivity contribution in [3.8, 4) is 5.75 Å². The Hall–Kier alpha value is -2.88. The molecule has 144 valence electrons. The molecule has 4 rings (SSSR count). The number of benzene rings is 2. The van der Waals surface area contributed by atoms with E-state index in [0.717, 1.165) is 24.2 Å². The third kappa shape index (κ3) is 3.59. The minimum Gasteiger partial charge on any atom is -0.511 e. The molecule has 0 aliphatic heterocycles. The molecule has 0 saturated heterocycles. The summed E-state index contributed by atoms with van der Waals surface area (Å²) in [5.41, 5.74) is 4.78. The van der Waals surface area contributed by atoms with Crippen molar-refractivity contribution < 1.29 is 14.6 Å². The number of fused-ring (bicyclic) bond motifs is 1. The van der Waals surface area contributed by atoms with Crippen LogP contribution in [0.15, 0.2) is 64.9 Å². The molecule has 2 aliphatic rings. The number of methoxy groups -OCH3 is 1. The first-order chi connectivity index (χ1) is 13.5. The maximum atomic E-state index is 12.8. The lowest BCUT2D eigenvalue weighted by Crippen LogP contribution is -2.23. The fourth-order valence-corrected chi connectivity index (χ4v) is 4.38. The van der Waals surface area contributed by atoms with Crippen LogP contribution in [0.4, 0.5) is 0 Å². The Morgan fingerprint density at radius 3 is 2.21 bits per heavy atom. The first kappa shape index (κ1) is 18.5. The van der Waals surface area contributed by atoms with E-state index < -0.39 is 0 Å². The topological polar surface area (TPSA) is 58.9 Å². The third-order valence-corrected chi connectivity index (χ3v) is 5.79. The Bertz CT molecular complexity index is 931. The standard InChI is InChI=1S/C24H25NO3/c1-15(25-20-11-17-5-3-4-6-18(17)12-20)24-22(26)13-19(14-23(24)27)16-7-9-21(28-2)10-8-16/h3-10,19-20,26H,11-14H2,1-2H3. The van der Waals surface area contributed by atoms with Crippen molar-refractivity contribution in [1.29, 1.82) is 0 Å². The minimum atomic E-state index is -0.0265. The third-order valence-electron chi connectivity index (χ3n) is 5.79. The molecule has 2 aliphatic carbocycles. The highest BCUT2D eigenvalue weighted by atomic mass is 16.5. The van der Waals surface area contributed by atoms with Gasteiger partial charge in [0.25, 0.3) is 0 Å². The number of aliphatic imine (C=N–C) groups is 1. The fraction of sp³-hybridized carbons (Fsp3) is 0.333. The monoisotopic (exact) mass is 375 g/mol. The number of hydrogen-bond donors (Lipinski definition) is 1. The number of nitrogens with zero attached hydrogens (tertiary/aromatic N) is 1. The number of hydrogen-bond acceptors (Lipinski definition) is 4. The molecule has 28 heavy (non-hydrogen) atoms. The van der Waals surface area contributed by atoms with Crippen LogP contribution in [-0.2, 0) is 17.6 Å². The maximum absolute atomic E-state index is 12.8. The SMILES string of the molecule is COc1ccc(C2CC(=O)C(C(C)=NC3Cc4ccccc4C3)=C(O)C2)cc1. The zero-order valence-electron chi connectivity index (χ0n) is 16.3. The van der Waals surface area contributed by atoms with E-state index in [4.69, 9.17) is 9.73 Å². The summed E-state index contributed by atoms with van der Waals surface area (Å²) in [4.78, 5) is 17.6. The van der Waals surface area contributed by atoms with E-state index >= 15 is 0 Å². The second-order valence-electron chi connectivity index (χ2n) is 7.67. The molecule has 1 atom stereocenters. The highest BCUT2D eigenvalue weighted by Gasteiger charge is 2.31. The fourth-order valence-electron chi connectivity index (χ4n) is 4.38. The molecule has 0 spiro atoms. The molecule has 0 saturated carbocycles. The maximum Gasteiger partial charge on any atom is 0.168 e. The van der Waals surface area contributed by atoms with E-state index in [1.807, 2.05) is 31.2 Å². The van der Waals surface area contributed by atoms with Crippen LogP contribution in [0.25, 0.3) is 0 Å². The van der Waals surface area contributed by atoms with Gasteiger partial charge in [-0.2, -0.15) is 0 Å². The van der Waals surface area contributed by atoms with Gasteiger partial charge < -0.3 is 9.84 Å². The van der Waals surface area contributed by atoms with Crippen molar-refractivity contribution in [3.63, 3.8) is 0 Å². The zero-order valence-corrected chi connectivity index (χ0v) is 16.3. The highest BCUT2D eigenvalue weighted by Crippen LogP contribution is 2.35. The Morgan fingerprint density at radius 2 is 1.64 bits per heavy atom. The molecule has 1 N–H and O–H groups in total. The summed E-state index contributed by atoms with van der Waals surface area (Å²) in [6.45, 7) is 1.85. The number of carbonyl (C=O) groups is 1. The van der Waals surface area contributed by atoms with E-state index in [1.165, 1.54) is 11.1 Å². The van der Waals surface area contributed by atoms with Gasteiger partial charge in [-0.3, -0.25) is 9.79 Å². The van der Waals surface area contributed by atoms with Gasteiger partial charge >= 0.3 is 0 Å². The lowest BCUT2D eigenvalue weighted by molar-refractivity contribution is -0.116. The number of aliphatic hydroxyl groups excluding tert-OH is 1. The average Bonchev–Trinajstić information content (AvgIpc) is 3.09. The van der Waals surface area contributed by atoms with E-state index in [1.54, 1.807) is 7.11 Å². The molecule has 0 fully saturated rings. The van der Waals surface area contributed by atoms with Crippen molar-refractivity contribution >= 4 is 11.5 Å². The predicted molar refractivity (Wildman–Crippen MR) is 110 cm³/mol.